The van der Waals surface area contributed by atoms with Gasteiger partial charge in [0, 0.05) is 27.7 Å². The summed E-state index contributed by atoms with van der Waals surface area (Å²) in [6.07, 6.45) is 8.04. The molecule has 1 aliphatic rings. The highest BCUT2D eigenvalue weighted by atomic mass is 19.1. The maximum absolute atomic E-state index is 14.6. The van der Waals surface area contributed by atoms with Gasteiger partial charge in [-0.1, -0.05) is 13.0 Å². The molecule has 6 N–H and O–H groups in total. The average molecular weight is 478 g/mol. The van der Waals surface area contributed by atoms with Gasteiger partial charge in [0.2, 0.25) is 5.95 Å². The summed E-state index contributed by atoms with van der Waals surface area (Å²) in [5.74, 6) is 1.09. The largest absolute Gasteiger partial charge is 0.494 e. The summed E-state index contributed by atoms with van der Waals surface area (Å²) in [5, 5.41) is 16.2. The fraction of sp³-hybridized carbons (Fsp3) is 0.458. The molecule has 1 atom stereocenters. The molecule has 1 saturated heterocycles. The van der Waals surface area contributed by atoms with Gasteiger partial charge in [0.1, 0.15) is 0 Å². The molecule has 2 aromatic rings. The molecule has 0 bridgehead atoms. The number of aryl methyl sites for hydroxylation is 2. The number of nitrogens with zero attached hydrogens (tertiary/aromatic N) is 2. The van der Waals surface area contributed by atoms with Crippen LogP contribution in [-0.2, 0) is 24.2 Å². The zero-order valence-corrected chi connectivity index (χ0v) is 20.2. The van der Waals surface area contributed by atoms with Crippen molar-refractivity contribution in [3.05, 3.63) is 58.9 Å². The Balaban J connectivity index is 0.00000134. The summed E-state index contributed by atoms with van der Waals surface area (Å²) in [6.45, 7) is 5.52. The summed E-state index contributed by atoms with van der Waals surface area (Å²) in [4.78, 5) is 8.37. The van der Waals surface area contributed by atoms with Gasteiger partial charge < -0.3 is 31.3 Å². The number of rotatable bonds is 11. The van der Waals surface area contributed by atoms with Crippen LogP contribution in [0.15, 0.2) is 36.4 Å². The van der Waals surface area contributed by atoms with Crippen molar-refractivity contribution in [3.63, 3.8) is 0 Å². The molecule has 9 nitrogen and oxygen atoms in total. The molecule has 0 saturated carbocycles. The number of hydrogen-bond donors (Lipinski definition) is 5. The number of halogens is 1. The lowest BCUT2D eigenvalue weighted by molar-refractivity contribution is 0.108. The van der Waals surface area contributed by atoms with Crippen molar-refractivity contribution in [2.45, 2.75) is 32.8 Å². The number of benzene rings is 1. The summed E-state index contributed by atoms with van der Waals surface area (Å²) in [5.41, 5.74) is 8.00. The number of nitrogens with one attached hydrogen (secondary N) is 4. The summed E-state index contributed by atoms with van der Waals surface area (Å²) < 4.78 is 25.2. The fourth-order valence-electron chi connectivity index (χ4n) is 3.28. The SMILES string of the molecule is CC1CCNC1.CNCOCc1cc(CCc2cnc(N/C(C=N)=C/N)nc2)c(F)c(OC)c1.[HH].[HH]. The van der Waals surface area contributed by atoms with Gasteiger partial charge in [-0.25, -0.2) is 14.4 Å². The van der Waals surface area contributed by atoms with Crippen molar-refractivity contribution in [3.8, 4) is 5.75 Å². The molecule has 0 amide bonds. The second-order valence-electron chi connectivity index (χ2n) is 8.02. The highest BCUT2D eigenvalue weighted by molar-refractivity contribution is 5.79. The van der Waals surface area contributed by atoms with Crippen molar-refractivity contribution in [1.29, 1.82) is 5.41 Å². The molecule has 190 valence electrons. The van der Waals surface area contributed by atoms with Gasteiger partial charge in [-0.15, -0.1) is 0 Å². The van der Waals surface area contributed by atoms with Crippen LogP contribution in [0, 0.1) is 17.1 Å². The minimum atomic E-state index is -0.372. The summed E-state index contributed by atoms with van der Waals surface area (Å²) in [7, 11) is 3.23. The van der Waals surface area contributed by atoms with Crippen LogP contribution < -0.4 is 26.4 Å². The Labute approximate surface area is 203 Å². The van der Waals surface area contributed by atoms with Gasteiger partial charge in [-0.2, -0.15) is 0 Å². The van der Waals surface area contributed by atoms with E-state index in [4.69, 9.17) is 20.6 Å². The first-order chi connectivity index (χ1) is 16.5. The Morgan fingerprint density at radius 2 is 2.09 bits per heavy atom. The average Bonchev–Trinajstić information content (AvgIpc) is 3.34. The third kappa shape index (κ3) is 9.05. The Morgan fingerprint density at radius 3 is 2.62 bits per heavy atom. The van der Waals surface area contributed by atoms with Gasteiger partial charge in [0.05, 0.1) is 26.1 Å². The quantitative estimate of drug-likeness (QED) is 0.190. The van der Waals surface area contributed by atoms with Crippen molar-refractivity contribution < 1.29 is 16.7 Å². The topological polar surface area (TPSA) is 130 Å². The molecule has 3 rings (SSSR count). The highest BCUT2D eigenvalue weighted by Gasteiger charge is 2.12. The lowest BCUT2D eigenvalue weighted by atomic mass is 10.0. The van der Waals surface area contributed by atoms with Gasteiger partial charge >= 0.3 is 0 Å². The van der Waals surface area contributed by atoms with Crippen LogP contribution in [0.3, 0.4) is 0 Å². The molecule has 0 spiro atoms. The smallest absolute Gasteiger partial charge is 0.227 e. The fourth-order valence-corrected chi connectivity index (χ4v) is 3.28. The van der Waals surface area contributed by atoms with Gasteiger partial charge in [-0.3, -0.25) is 5.32 Å². The lowest BCUT2D eigenvalue weighted by Crippen LogP contribution is -2.11. The van der Waals surface area contributed by atoms with Crippen molar-refractivity contribution in [1.82, 2.24) is 20.6 Å². The molecule has 1 aliphatic heterocycles. The van der Waals surface area contributed by atoms with Gasteiger partial charge in [0.25, 0.3) is 0 Å². The molecular formula is C24H40FN7O2. The predicted molar refractivity (Wildman–Crippen MR) is 137 cm³/mol. The van der Waals surface area contributed by atoms with Crippen LogP contribution in [0.2, 0.25) is 0 Å². The number of aromatic nitrogens is 2. The van der Waals surface area contributed by atoms with Crippen molar-refractivity contribution in [2.75, 3.05) is 39.3 Å². The van der Waals surface area contributed by atoms with E-state index in [0.717, 1.165) is 23.3 Å². The molecule has 0 radical (unpaired) electrons. The van der Waals surface area contributed by atoms with E-state index in [1.807, 2.05) is 0 Å². The molecule has 34 heavy (non-hydrogen) atoms. The van der Waals surface area contributed by atoms with E-state index < -0.39 is 0 Å². The molecule has 1 aromatic carbocycles. The Morgan fingerprint density at radius 1 is 1.32 bits per heavy atom. The molecular weight excluding hydrogens is 437 g/mol. The maximum atomic E-state index is 14.6. The Kier molecular flexibility index (Phi) is 11.9. The Hall–Kier alpha value is -3.08. The van der Waals surface area contributed by atoms with E-state index in [2.05, 4.69) is 32.8 Å². The standard InChI is InChI=1S/C19H25FN6O2.C5H11N.2H2/c1-23-12-28-11-14-5-15(18(20)17(6-14)27-2)4-3-13-9-24-19(25-10-13)26-16(7-21)8-22;1-5-2-3-6-4-5;;/h5-10,21,23H,3-4,11-12,22H2,1-2H3,(H,24,25,26);5-6H,2-4H2,1H3;2*1H/b16-8+,21-7?;;;. The van der Waals surface area contributed by atoms with Crippen LogP contribution in [0.5, 0.6) is 5.75 Å². The molecule has 10 heteroatoms. The lowest BCUT2D eigenvalue weighted by Gasteiger charge is -2.12. The molecule has 1 unspecified atom stereocenters. The number of ether oxygens (including phenoxy) is 2. The van der Waals surface area contributed by atoms with E-state index in [-0.39, 0.29) is 14.4 Å². The number of methoxy groups -OCH3 is 1. The zero-order valence-electron chi connectivity index (χ0n) is 20.2. The van der Waals surface area contributed by atoms with E-state index in [9.17, 15) is 4.39 Å². The number of allylic oxidation sites excluding steroid dienone is 1. The van der Waals surface area contributed by atoms with Crippen molar-refractivity contribution >= 4 is 12.2 Å². The third-order valence-corrected chi connectivity index (χ3v) is 5.20. The number of hydrogen-bond acceptors (Lipinski definition) is 9. The molecule has 1 aromatic heterocycles. The van der Waals surface area contributed by atoms with E-state index in [1.54, 1.807) is 31.6 Å². The zero-order chi connectivity index (χ0) is 24.8. The van der Waals surface area contributed by atoms with Crippen molar-refractivity contribution in [2.24, 2.45) is 11.7 Å². The minimum Gasteiger partial charge on any atom is -0.494 e. The van der Waals surface area contributed by atoms with Crippen LogP contribution in [0.1, 0.15) is 32.9 Å². The Bertz CT molecular complexity index is 927. The van der Waals surface area contributed by atoms with Gasteiger partial charge in [0.15, 0.2) is 11.6 Å². The summed E-state index contributed by atoms with van der Waals surface area (Å²) in [6, 6.07) is 3.43. The minimum absolute atomic E-state index is 0. The van der Waals surface area contributed by atoms with Gasteiger partial charge in [-0.05, 0) is 68.1 Å². The number of anilines is 1. The van der Waals surface area contributed by atoms with Crippen LogP contribution >= 0.6 is 0 Å². The first-order valence-electron chi connectivity index (χ1n) is 11.3. The van der Waals surface area contributed by atoms with Crippen LogP contribution in [0.25, 0.3) is 0 Å². The van der Waals surface area contributed by atoms with Crippen LogP contribution in [0.4, 0.5) is 10.3 Å². The molecule has 2 heterocycles. The summed E-state index contributed by atoms with van der Waals surface area (Å²) >= 11 is 0. The monoisotopic (exact) mass is 477 g/mol. The first kappa shape index (κ1) is 27.2. The maximum Gasteiger partial charge on any atom is 0.227 e. The second-order valence-corrected chi connectivity index (χ2v) is 8.02. The highest BCUT2D eigenvalue weighted by Crippen LogP contribution is 2.24. The van der Waals surface area contributed by atoms with E-state index in [0.29, 0.717) is 43.4 Å². The second kappa shape index (κ2) is 14.9. The van der Waals surface area contributed by atoms with E-state index in [1.165, 1.54) is 32.8 Å². The molecule has 0 aliphatic carbocycles. The number of nitrogens with two attached hydrogens (primary N) is 1. The third-order valence-electron chi connectivity index (χ3n) is 5.20. The first-order valence-corrected chi connectivity index (χ1v) is 11.3. The van der Waals surface area contributed by atoms with E-state index >= 15 is 0 Å². The predicted octanol–water partition coefficient (Wildman–Crippen LogP) is 3.07. The molecule has 1 fully saturated rings. The normalized spacial score (nSPS) is 15.4. The van der Waals surface area contributed by atoms with Crippen LogP contribution in [-0.4, -0.2) is 50.2 Å².